The molecule has 0 amide bonds. The molecule has 0 radical (unpaired) electrons. The van der Waals surface area contributed by atoms with Crippen molar-refractivity contribution in [3.63, 3.8) is 0 Å². The number of pyridine rings is 1. The number of anilines is 1. The number of nitrogen functional groups attached to an aromatic ring is 1. The molecule has 0 spiro atoms. The summed E-state index contributed by atoms with van der Waals surface area (Å²) in [5, 5.41) is 0. The van der Waals surface area contributed by atoms with Gasteiger partial charge in [-0.1, -0.05) is 28.6 Å². The van der Waals surface area contributed by atoms with E-state index in [2.05, 4.69) is 22.5 Å². The van der Waals surface area contributed by atoms with E-state index in [9.17, 15) is 0 Å². The smallest absolute Gasteiger partial charge is 0.272 e. The van der Waals surface area contributed by atoms with Gasteiger partial charge in [0.1, 0.15) is 6.54 Å². The van der Waals surface area contributed by atoms with Gasteiger partial charge in [0.15, 0.2) is 0 Å². The fraction of sp³-hybridized carbons (Fsp3) is 0.125. The highest BCUT2D eigenvalue weighted by molar-refractivity contribution is 9.11. The van der Waals surface area contributed by atoms with Crippen molar-refractivity contribution < 1.29 is 4.57 Å². The summed E-state index contributed by atoms with van der Waals surface area (Å²) in [6.45, 7) is 4.45. The van der Waals surface area contributed by atoms with Crippen LogP contribution in [0.25, 0.3) is 0 Å². The molecule has 1 heterocycles. The van der Waals surface area contributed by atoms with Gasteiger partial charge in [0.05, 0.1) is 6.20 Å². The van der Waals surface area contributed by atoms with Crippen LogP contribution in [0.2, 0.25) is 0 Å². The van der Waals surface area contributed by atoms with Gasteiger partial charge >= 0.3 is 0 Å². The lowest BCUT2D eigenvalue weighted by Gasteiger charge is -1.99. The summed E-state index contributed by atoms with van der Waals surface area (Å²) in [6.07, 6.45) is 1.92. The minimum atomic E-state index is 0.715. The van der Waals surface area contributed by atoms with Crippen molar-refractivity contribution in [3.05, 3.63) is 35.5 Å². The zero-order valence-corrected chi connectivity index (χ0v) is 7.71. The van der Waals surface area contributed by atoms with Crippen molar-refractivity contribution in [2.75, 3.05) is 5.73 Å². The molecule has 0 saturated carbocycles. The number of nitrogens with zero attached hydrogens (tertiary/aromatic N) is 1. The van der Waals surface area contributed by atoms with Gasteiger partial charge in [-0.25, -0.2) is 4.57 Å². The molecule has 0 atom stereocenters. The molecule has 1 aromatic rings. The molecule has 0 bridgehead atoms. The second-order valence-electron chi connectivity index (χ2n) is 2.27. The van der Waals surface area contributed by atoms with E-state index in [4.69, 9.17) is 5.73 Å². The fourth-order valence-corrected chi connectivity index (χ4v) is 1.09. The van der Waals surface area contributed by atoms with Crippen molar-refractivity contribution in [1.29, 1.82) is 0 Å². The highest BCUT2D eigenvalue weighted by Crippen LogP contribution is 2.01. The largest absolute Gasteiger partial charge is 0.287 e. The summed E-state index contributed by atoms with van der Waals surface area (Å²) >= 11 is 3.27. The van der Waals surface area contributed by atoms with Gasteiger partial charge in [0.2, 0.25) is 0 Å². The topological polar surface area (TPSA) is 29.9 Å². The fourth-order valence-electron chi connectivity index (χ4n) is 0.818. The summed E-state index contributed by atoms with van der Waals surface area (Å²) in [7, 11) is 0. The van der Waals surface area contributed by atoms with Crippen molar-refractivity contribution in [2.45, 2.75) is 6.54 Å². The average molecular weight is 214 g/mol. The molecule has 2 N–H and O–H groups in total. The number of aromatic nitrogens is 1. The Morgan fingerprint density at radius 2 is 2.36 bits per heavy atom. The third kappa shape index (κ3) is 2.35. The molecule has 11 heavy (non-hydrogen) atoms. The Labute approximate surface area is 74.5 Å². The van der Waals surface area contributed by atoms with E-state index in [1.165, 1.54) is 0 Å². The molecular formula is C8H10BrN2+. The quantitative estimate of drug-likeness (QED) is 0.742. The lowest BCUT2D eigenvalue weighted by atomic mass is 10.4. The zero-order chi connectivity index (χ0) is 8.27. The van der Waals surface area contributed by atoms with E-state index >= 15 is 0 Å². The number of hydrogen-bond donors (Lipinski definition) is 1. The predicted molar refractivity (Wildman–Crippen MR) is 49.1 cm³/mol. The number of hydrogen-bond acceptors (Lipinski definition) is 1. The summed E-state index contributed by atoms with van der Waals surface area (Å²) in [4.78, 5) is 0. The van der Waals surface area contributed by atoms with Gasteiger partial charge in [-0.3, -0.25) is 5.73 Å². The lowest BCUT2D eigenvalue weighted by molar-refractivity contribution is -0.673. The van der Waals surface area contributed by atoms with Crippen LogP contribution < -0.4 is 10.3 Å². The molecule has 1 rings (SSSR count). The van der Waals surface area contributed by atoms with E-state index in [0.29, 0.717) is 6.54 Å². The molecule has 0 fully saturated rings. The molecule has 1 aromatic heterocycles. The first kappa shape index (κ1) is 8.27. The maximum Gasteiger partial charge on any atom is 0.272 e. The molecule has 3 heteroatoms. The van der Waals surface area contributed by atoms with Crippen molar-refractivity contribution in [2.24, 2.45) is 0 Å². The molecule has 58 valence electrons. The van der Waals surface area contributed by atoms with E-state index in [1.807, 2.05) is 29.0 Å². The second kappa shape index (κ2) is 3.53. The highest BCUT2D eigenvalue weighted by atomic mass is 79.9. The number of halogens is 1. The Morgan fingerprint density at radius 1 is 1.64 bits per heavy atom. The van der Waals surface area contributed by atoms with Gasteiger partial charge in [-0.15, -0.1) is 0 Å². The van der Waals surface area contributed by atoms with Crippen LogP contribution in [0.5, 0.6) is 0 Å². The van der Waals surface area contributed by atoms with Crippen molar-refractivity contribution in [1.82, 2.24) is 0 Å². The first-order valence-electron chi connectivity index (χ1n) is 3.27. The molecule has 0 aliphatic heterocycles. The van der Waals surface area contributed by atoms with E-state index in [0.717, 1.165) is 10.3 Å². The van der Waals surface area contributed by atoms with Crippen LogP contribution in [-0.2, 0) is 6.54 Å². The summed E-state index contributed by atoms with van der Waals surface area (Å²) in [5.41, 5.74) is 5.67. The van der Waals surface area contributed by atoms with E-state index in [-0.39, 0.29) is 0 Å². The van der Waals surface area contributed by atoms with E-state index in [1.54, 1.807) is 0 Å². The van der Waals surface area contributed by atoms with Gasteiger partial charge in [-0.2, -0.15) is 0 Å². The molecule has 2 nitrogen and oxygen atoms in total. The predicted octanol–water partition coefficient (Wildman–Crippen LogP) is 1.46. The Bertz CT molecular complexity index is 271. The maximum absolute atomic E-state index is 5.67. The summed E-state index contributed by atoms with van der Waals surface area (Å²) in [5.74, 6) is 0.744. The monoisotopic (exact) mass is 213 g/mol. The minimum absolute atomic E-state index is 0.715. The SMILES string of the molecule is C=C(Br)C[n+]1ccccc1N. The molecular weight excluding hydrogens is 204 g/mol. The molecule has 0 aromatic carbocycles. The minimum Gasteiger partial charge on any atom is -0.287 e. The Kier molecular flexibility index (Phi) is 2.65. The van der Waals surface area contributed by atoms with Crippen LogP contribution in [0.3, 0.4) is 0 Å². The number of nitrogens with two attached hydrogens (primary N) is 1. The van der Waals surface area contributed by atoms with Crippen LogP contribution in [0.1, 0.15) is 0 Å². The van der Waals surface area contributed by atoms with Crippen LogP contribution >= 0.6 is 15.9 Å². The molecule has 0 aliphatic rings. The lowest BCUT2D eigenvalue weighted by Crippen LogP contribution is -2.36. The Hall–Kier alpha value is -0.830. The Morgan fingerprint density at radius 3 is 2.91 bits per heavy atom. The summed E-state index contributed by atoms with van der Waals surface area (Å²) in [6, 6.07) is 5.70. The van der Waals surface area contributed by atoms with Crippen molar-refractivity contribution in [3.8, 4) is 0 Å². The normalized spacial score (nSPS) is 9.55. The van der Waals surface area contributed by atoms with Gasteiger partial charge < -0.3 is 0 Å². The molecule has 0 aliphatic carbocycles. The van der Waals surface area contributed by atoms with Crippen LogP contribution in [0.4, 0.5) is 5.82 Å². The Balaban J connectivity index is 2.86. The van der Waals surface area contributed by atoms with Crippen LogP contribution in [0, 0.1) is 0 Å². The van der Waals surface area contributed by atoms with Crippen molar-refractivity contribution >= 4 is 21.7 Å². The molecule has 0 unspecified atom stereocenters. The highest BCUT2D eigenvalue weighted by Gasteiger charge is 2.01. The maximum atomic E-state index is 5.67. The summed E-state index contributed by atoms with van der Waals surface area (Å²) < 4.78 is 2.83. The zero-order valence-electron chi connectivity index (χ0n) is 6.13. The third-order valence-electron chi connectivity index (χ3n) is 1.32. The van der Waals surface area contributed by atoms with Crippen LogP contribution in [-0.4, -0.2) is 0 Å². The second-order valence-corrected chi connectivity index (χ2v) is 3.39. The van der Waals surface area contributed by atoms with Gasteiger partial charge in [0.25, 0.3) is 5.82 Å². The van der Waals surface area contributed by atoms with Gasteiger partial charge in [-0.05, 0) is 6.07 Å². The number of allylic oxidation sites excluding steroid dienone is 1. The molecule has 0 saturated heterocycles. The van der Waals surface area contributed by atoms with Crippen LogP contribution in [0.15, 0.2) is 35.5 Å². The third-order valence-corrected chi connectivity index (χ3v) is 1.57. The average Bonchev–Trinajstić information content (AvgIpc) is 1.93. The van der Waals surface area contributed by atoms with E-state index < -0.39 is 0 Å². The first-order valence-corrected chi connectivity index (χ1v) is 4.06. The standard InChI is InChI=1S/C8H9BrN2/c1-7(9)6-11-5-3-2-4-8(11)10/h2-5,10H,1,6H2/p+1. The van der Waals surface area contributed by atoms with Gasteiger partial charge in [0, 0.05) is 10.5 Å². The number of rotatable bonds is 2. The first-order chi connectivity index (χ1) is 5.20.